The molecular weight excluding hydrogens is 762 g/mol. The van der Waals surface area contributed by atoms with Crippen molar-refractivity contribution >= 4 is 25.5 Å². The maximum atomic E-state index is 15.1. The molecule has 3 aromatic rings. The molecule has 3 aromatic carbocycles. The Bertz CT molecular complexity index is 1450. The predicted molar refractivity (Wildman–Crippen MR) is 237 cm³/mol. The van der Waals surface area contributed by atoms with Crippen molar-refractivity contribution in [1.29, 1.82) is 0 Å². The molecule has 10 nitrogen and oxygen atoms in total. The van der Waals surface area contributed by atoms with Crippen molar-refractivity contribution in [1.82, 2.24) is 16.0 Å². The van der Waals surface area contributed by atoms with Gasteiger partial charge in [0.05, 0.1) is 37.9 Å². The zero-order valence-corrected chi connectivity index (χ0v) is 37.4. The molecule has 0 aromatic heterocycles. The van der Waals surface area contributed by atoms with E-state index in [1.165, 1.54) is 0 Å². The average molecular weight is 834 g/mol. The lowest BCUT2D eigenvalue weighted by Gasteiger charge is -2.28. The number of hydrogen-bond donors (Lipinski definition) is 3. The van der Waals surface area contributed by atoms with Gasteiger partial charge in [0, 0.05) is 17.8 Å². The Hall–Kier alpha value is -3.82. The molecule has 0 bridgehead atoms. The van der Waals surface area contributed by atoms with Gasteiger partial charge in [-0.1, -0.05) is 171 Å². The summed E-state index contributed by atoms with van der Waals surface area (Å²) in [5.41, 5.74) is 2.33. The van der Waals surface area contributed by atoms with Crippen molar-refractivity contribution in [3.05, 3.63) is 108 Å². The van der Waals surface area contributed by atoms with E-state index in [4.69, 9.17) is 13.6 Å². The minimum absolute atomic E-state index is 0.0936. The van der Waals surface area contributed by atoms with Crippen LogP contribution in [0.2, 0.25) is 0 Å². The van der Waals surface area contributed by atoms with E-state index in [9.17, 15) is 14.4 Å². The minimum atomic E-state index is -4.47. The lowest BCUT2D eigenvalue weighted by atomic mass is 9.96. The summed E-state index contributed by atoms with van der Waals surface area (Å²) >= 11 is 0. The van der Waals surface area contributed by atoms with E-state index in [1.807, 2.05) is 91.0 Å². The van der Waals surface area contributed by atoms with Crippen molar-refractivity contribution in [3.8, 4) is 0 Å². The minimum Gasteiger partial charge on any atom is -0.347 e. The molecule has 326 valence electrons. The quantitative estimate of drug-likeness (QED) is 0.0570. The van der Waals surface area contributed by atoms with Gasteiger partial charge in [0.1, 0.15) is 0 Å². The monoisotopic (exact) mass is 834 g/mol. The number of phosphoric ester groups is 1. The van der Waals surface area contributed by atoms with Crippen LogP contribution >= 0.6 is 7.82 Å². The molecule has 3 N–H and O–H groups in total. The Morgan fingerprint density at radius 1 is 0.424 bits per heavy atom. The number of nitrogens with one attached hydrogen (secondary N) is 3. The van der Waals surface area contributed by atoms with Gasteiger partial charge in [-0.15, -0.1) is 0 Å². The maximum absolute atomic E-state index is 15.1. The third-order valence-corrected chi connectivity index (χ3v) is 12.1. The largest absolute Gasteiger partial charge is 0.475 e. The van der Waals surface area contributed by atoms with Gasteiger partial charge in [-0.3, -0.25) is 28.0 Å². The van der Waals surface area contributed by atoms with Crippen molar-refractivity contribution in [2.45, 2.75) is 137 Å². The number of carbonyl (C=O) groups is 3. The Morgan fingerprint density at radius 2 is 0.644 bits per heavy atom. The zero-order valence-electron chi connectivity index (χ0n) is 36.5. The Morgan fingerprint density at radius 3 is 0.847 bits per heavy atom. The highest BCUT2D eigenvalue weighted by Gasteiger charge is 2.34. The number of rotatable bonds is 30. The van der Waals surface area contributed by atoms with E-state index in [0.717, 1.165) is 93.7 Å². The summed E-state index contributed by atoms with van der Waals surface area (Å²) in [6, 6.07) is 26.3. The molecule has 3 amide bonds. The van der Waals surface area contributed by atoms with Crippen LogP contribution in [-0.2, 0) is 32.5 Å². The van der Waals surface area contributed by atoms with Crippen LogP contribution in [0.5, 0.6) is 0 Å². The second kappa shape index (κ2) is 27.8. The fourth-order valence-electron chi connectivity index (χ4n) is 7.51. The van der Waals surface area contributed by atoms with Gasteiger partial charge in [-0.25, -0.2) is 4.57 Å². The summed E-state index contributed by atoms with van der Waals surface area (Å²) in [7, 11) is -4.47. The van der Waals surface area contributed by atoms with Crippen LogP contribution in [0.1, 0.15) is 153 Å². The molecule has 0 heterocycles. The van der Waals surface area contributed by atoms with Crippen molar-refractivity contribution in [3.63, 3.8) is 0 Å². The van der Waals surface area contributed by atoms with E-state index in [0.29, 0.717) is 0 Å². The molecule has 59 heavy (non-hydrogen) atoms. The second-order valence-corrected chi connectivity index (χ2v) is 17.2. The van der Waals surface area contributed by atoms with Gasteiger partial charge in [-0.05, 0) is 55.2 Å². The summed E-state index contributed by atoms with van der Waals surface area (Å²) in [6.07, 6.45) is 9.72. The first-order valence-electron chi connectivity index (χ1n) is 22.2. The molecule has 0 fully saturated rings. The molecule has 0 aliphatic carbocycles. The topological polar surface area (TPSA) is 132 Å². The van der Waals surface area contributed by atoms with Gasteiger partial charge in [0.2, 0.25) is 17.7 Å². The van der Waals surface area contributed by atoms with Crippen LogP contribution in [0.3, 0.4) is 0 Å². The van der Waals surface area contributed by atoms with Crippen LogP contribution in [0.25, 0.3) is 0 Å². The van der Waals surface area contributed by atoms with Crippen LogP contribution in [0, 0.1) is 17.8 Å². The Balaban J connectivity index is 2.00. The molecular formula is C48H72N3O7P. The van der Waals surface area contributed by atoms with E-state index in [2.05, 4.69) is 57.5 Å². The molecule has 0 spiro atoms. The lowest BCUT2D eigenvalue weighted by molar-refractivity contribution is -0.127. The van der Waals surface area contributed by atoms with Crippen molar-refractivity contribution in [2.75, 3.05) is 19.8 Å². The Labute approximate surface area is 355 Å². The first-order valence-corrected chi connectivity index (χ1v) is 23.7. The molecule has 0 saturated carbocycles. The molecule has 0 radical (unpaired) electrons. The van der Waals surface area contributed by atoms with Crippen LogP contribution in [-0.4, -0.2) is 37.5 Å². The highest BCUT2D eigenvalue weighted by atomic mass is 31.2. The molecule has 0 unspecified atom stereocenters. The van der Waals surface area contributed by atoms with Crippen molar-refractivity contribution in [2.24, 2.45) is 17.8 Å². The SMILES string of the molecule is CCCC(CCC)C(=O)N[C@@H](COP(=O)(OC[C@H](NC(=O)C(CCC)CCC)c1ccccc1)OC[C@H](NC(=O)C(CCC)CCC)c1ccccc1)c1ccccc1. The molecule has 0 saturated heterocycles. The van der Waals surface area contributed by atoms with Gasteiger partial charge in [0.25, 0.3) is 0 Å². The third-order valence-electron chi connectivity index (χ3n) is 10.7. The van der Waals surface area contributed by atoms with Gasteiger partial charge < -0.3 is 16.0 Å². The fourth-order valence-corrected chi connectivity index (χ4v) is 8.73. The number of benzene rings is 3. The van der Waals surface area contributed by atoms with E-state index >= 15 is 4.57 Å². The van der Waals surface area contributed by atoms with Gasteiger partial charge in [0.15, 0.2) is 0 Å². The van der Waals surface area contributed by atoms with Gasteiger partial charge in [-0.2, -0.15) is 0 Å². The molecule has 3 rings (SSSR count). The smallest absolute Gasteiger partial charge is 0.347 e. The summed E-state index contributed by atoms with van der Waals surface area (Å²) in [5.74, 6) is -0.796. The summed E-state index contributed by atoms with van der Waals surface area (Å²) in [4.78, 5) is 41.1. The molecule has 11 heteroatoms. The summed E-state index contributed by atoms with van der Waals surface area (Å²) in [5, 5.41) is 9.52. The summed E-state index contributed by atoms with van der Waals surface area (Å²) in [6.45, 7) is 11.7. The second-order valence-electron chi connectivity index (χ2n) is 15.6. The van der Waals surface area contributed by atoms with Crippen LogP contribution < -0.4 is 16.0 Å². The predicted octanol–water partition coefficient (Wildman–Crippen LogP) is 11.4. The van der Waals surface area contributed by atoms with Crippen LogP contribution in [0.15, 0.2) is 91.0 Å². The molecule has 0 aliphatic heterocycles. The molecule has 0 aliphatic rings. The highest BCUT2D eigenvalue weighted by Crippen LogP contribution is 2.51. The lowest BCUT2D eigenvalue weighted by Crippen LogP contribution is -2.37. The zero-order chi connectivity index (χ0) is 42.9. The normalized spacial score (nSPS) is 13.3. The van der Waals surface area contributed by atoms with Gasteiger partial charge >= 0.3 is 7.82 Å². The fraction of sp³-hybridized carbons (Fsp3) is 0.562. The maximum Gasteiger partial charge on any atom is 0.475 e. The van der Waals surface area contributed by atoms with Crippen LogP contribution in [0.4, 0.5) is 0 Å². The third kappa shape index (κ3) is 17.4. The Kier molecular flexibility index (Phi) is 23.4. The molecule has 3 atom stereocenters. The van der Waals surface area contributed by atoms with E-state index in [1.54, 1.807) is 0 Å². The number of carbonyl (C=O) groups excluding carboxylic acids is 3. The number of hydrogen-bond acceptors (Lipinski definition) is 7. The first kappa shape index (κ1) is 49.5. The van der Waals surface area contributed by atoms with E-state index in [-0.39, 0.29) is 55.3 Å². The van der Waals surface area contributed by atoms with E-state index < -0.39 is 25.9 Å². The average Bonchev–Trinajstić information content (AvgIpc) is 3.25. The standard InChI is InChI=1S/C48H72N3O7P/c1-7-22-40(23-8-2)46(52)49-43(37-28-16-13-17-29-37)34-56-59(55,57-35-44(38-30-18-14-19-31-38)50-47(53)41(24-9-3)25-10-4)58-36-45(39-32-20-15-21-33-39)51-48(54)42(26-11-5)27-12-6/h13-21,28-33,40-45H,7-12,22-27,34-36H2,1-6H3,(H,49,52)(H,50,53)(H,51,54)/t43-,44-,45-/m0/s1. The number of phosphoric acid groups is 1. The summed E-state index contributed by atoms with van der Waals surface area (Å²) < 4.78 is 33.8. The first-order chi connectivity index (χ1) is 28.6. The van der Waals surface area contributed by atoms with Crippen molar-refractivity contribution < 1.29 is 32.5 Å². The highest BCUT2D eigenvalue weighted by molar-refractivity contribution is 7.48. The number of amides is 3.